The van der Waals surface area contributed by atoms with Crippen LogP contribution in [0.1, 0.15) is 24.2 Å². The summed E-state index contributed by atoms with van der Waals surface area (Å²) in [6.07, 6.45) is 0. The first-order chi connectivity index (χ1) is 11.4. The van der Waals surface area contributed by atoms with E-state index in [4.69, 9.17) is 9.47 Å². The molecule has 0 bridgehead atoms. The molecule has 1 aromatic carbocycles. The average Bonchev–Trinajstić information content (AvgIpc) is 2.59. The molecule has 0 N–H and O–H groups in total. The molecule has 24 heavy (non-hydrogen) atoms. The van der Waals surface area contributed by atoms with Crippen LogP contribution in [0.4, 0.5) is 0 Å². The van der Waals surface area contributed by atoms with Crippen LogP contribution < -0.4 is 9.47 Å². The van der Waals surface area contributed by atoms with Gasteiger partial charge in [0.2, 0.25) is 5.91 Å². The maximum absolute atomic E-state index is 12.2. The van der Waals surface area contributed by atoms with Crippen LogP contribution in [0.25, 0.3) is 0 Å². The fraction of sp³-hybridized carbons (Fsp3) is 0.471. The van der Waals surface area contributed by atoms with E-state index < -0.39 is 0 Å². The van der Waals surface area contributed by atoms with Crippen molar-refractivity contribution in [1.82, 2.24) is 9.80 Å². The minimum Gasteiger partial charge on any atom is -0.493 e. The van der Waals surface area contributed by atoms with Gasteiger partial charge in [0.05, 0.1) is 7.11 Å². The van der Waals surface area contributed by atoms with Crippen molar-refractivity contribution in [1.29, 1.82) is 0 Å². The summed E-state index contributed by atoms with van der Waals surface area (Å²) in [7, 11) is 1.48. The molecule has 0 aromatic heterocycles. The summed E-state index contributed by atoms with van der Waals surface area (Å²) < 4.78 is 10.8. The van der Waals surface area contributed by atoms with Gasteiger partial charge in [-0.2, -0.15) is 0 Å². The van der Waals surface area contributed by atoms with Gasteiger partial charge in [0.15, 0.2) is 23.9 Å². The Bertz CT molecular complexity index is 636. The van der Waals surface area contributed by atoms with Gasteiger partial charge < -0.3 is 19.3 Å². The zero-order chi connectivity index (χ0) is 17.7. The molecule has 1 fully saturated rings. The van der Waals surface area contributed by atoms with Gasteiger partial charge in [-0.1, -0.05) is 0 Å². The number of carbonyl (C=O) groups excluding carboxylic acids is 3. The molecule has 1 aliphatic rings. The molecule has 2 amide bonds. The second kappa shape index (κ2) is 7.81. The number of hydrogen-bond donors (Lipinski definition) is 0. The van der Waals surface area contributed by atoms with Gasteiger partial charge in [-0.3, -0.25) is 14.4 Å². The van der Waals surface area contributed by atoms with E-state index in [9.17, 15) is 14.4 Å². The van der Waals surface area contributed by atoms with Crippen molar-refractivity contribution in [3.05, 3.63) is 23.8 Å². The second-order valence-electron chi connectivity index (χ2n) is 5.60. The molecule has 0 unspecified atom stereocenters. The standard InChI is InChI=1S/C17H22N2O5/c1-12(20)14-4-5-15(16(10-14)23-3)24-11-17(22)19-8-6-18(7-9-19)13(2)21/h4-5,10H,6-9,11H2,1-3H3. The van der Waals surface area contributed by atoms with E-state index in [0.717, 1.165) is 0 Å². The van der Waals surface area contributed by atoms with Crippen LogP contribution in [0, 0.1) is 0 Å². The van der Waals surface area contributed by atoms with Gasteiger partial charge in [-0.25, -0.2) is 0 Å². The molecule has 1 aromatic rings. The largest absolute Gasteiger partial charge is 0.493 e. The van der Waals surface area contributed by atoms with E-state index in [1.165, 1.54) is 21.0 Å². The Hall–Kier alpha value is -2.57. The number of piperazine rings is 1. The first-order valence-electron chi connectivity index (χ1n) is 7.77. The fourth-order valence-electron chi connectivity index (χ4n) is 2.51. The van der Waals surface area contributed by atoms with Gasteiger partial charge in [0.1, 0.15) is 0 Å². The predicted octanol–water partition coefficient (Wildman–Crippen LogP) is 0.967. The monoisotopic (exact) mass is 334 g/mol. The van der Waals surface area contributed by atoms with Crippen LogP contribution in [0.2, 0.25) is 0 Å². The first kappa shape index (κ1) is 17.8. The predicted molar refractivity (Wildman–Crippen MR) is 87.3 cm³/mol. The van der Waals surface area contributed by atoms with Crippen LogP contribution in [-0.4, -0.2) is 67.3 Å². The molecule has 1 aliphatic heterocycles. The number of benzene rings is 1. The molecule has 1 saturated heterocycles. The van der Waals surface area contributed by atoms with Crippen molar-refractivity contribution < 1.29 is 23.9 Å². The lowest BCUT2D eigenvalue weighted by atomic mass is 10.1. The van der Waals surface area contributed by atoms with Gasteiger partial charge in [-0.05, 0) is 25.1 Å². The van der Waals surface area contributed by atoms with Crippen molar-refractivity contribution in [3.8, 4) is 11.5 Å². The van der Waals surface area contributed by atoms with Crippen LogP contribution in [-0.2, 0) is 9.59 Å². The fourth-order valence-corrected chi connectivity index (χ4v) is 2.51. The summed E-state index contributed by atoms with van der Waals surface area (Å²) in [6.45, 7) is 4.96. The molecular formula is C17H22N2O5. The zero-order valence-electron chi connectivity index (χ0n) is 14.2. The SMILES string of the molecule is COc1cc(C(C)=O)ccc1OCC(=O)N1CCN(C(C)=O)CC1. The third kappa shape index (κ3) is 4.24. The lowest BCUT2D eigenvalue weighted by molar-refractivity contribution is -0.139. The van der Waals surface area contributed by atoms with Crippen molar-refractivity contribution in [2.24, 2.45) is 0 Å². The molecule has 7 nitrogen and oxygen atoms in total. The highest BCUT2D eigenvalue weighted by atomic mass is 16.5. The molecular weight excluding hydrogens is 312 g/mol. The van der Waals surface area contributed by atoms with Crippen molar-refractivity contribution in [2.45, 2.75) is 13.8 Å². The van der Waals surface area contributed by atoms with E-state index in [2.05, 4.69) is 0 Å². The molecule has 1 heterocycles. The Morgan fingerprint density at radius 1 is 1.00 bits per heavy atom. The Morgan fingerprint density at radius 2 is 1.62 bits per heavy atom. The topological polar surface area (TPSA) is 76.2 Å². The van der Waals surface area contributed by atoms with Gasteiger partial charge in [0, 0.05) is 38.7 Å². The number of ether oxygens (including phenoxy) is 2. The van der Waals surface area contributed by atoms with Crippen LogP contribution in [0.3, 0.4) is 0 Å². The third-order valence-electron chi connectivity index (χ3n) is 4.00. The number of rotatable bonds is 5. The average molecular weight is 334 g/mol. The molecule has 130 valence electrons. The minimum atomic E-state index is -0.143. The van der Waals surface area contributed by atoms with Crippen molar-refractivity contribution in [3.63, 3.8) is 0 Å². The smallest absolute Gasteiger partial charge is 0.260 e. The number of hydrogen-bond acceptors (Lipinski definition) is 5. The van der Waals surface area contributed by atoms with Crippen LogP contribution in [0.5, 0.6) is 11.5 Å². The maximum atomic E-state index is 12.2. The molecule has 2 rings (SSSR count). The lowest BCUT2D eigenvalue weighted by Crippen LogP contribution is -2.51. The summed E-state index contributed by atoms with van der Waals surface area (Å²) in [5, 5.41) is 0. The Balaban J connectivity index is 1.92. The summed E-state index contributed by atoms with van der Waals surface area (Å²) >= 11 is 0. The van der Waals surface area contributed by atoms with Gasteiger partial charge in [-0.15, -0.1) is 0 Å². The summed E-state index contributed by atoms with van der Waals surface area (Å²) in [4.78, 5) is 38.3. The van der Waals surface area contributed by atoms with Crippen LogP contribution >= 0.6 is 0 Å². The van der Waals surface area contributed by atoms with E-state index >= 15 is 0 Å². The van der Waals surface area contributed by atoms with E-state index in [-0.39, 0.29) is 24.2 Å². The molecule has 0 aliphatic carbocycles. The molecule has 0 radical (unpaired) electrons. The summed E-state index contributed by atoms with van der Waals surface area (Å²) in [5.41, 5.74) is 0.519. The van der Waals surface area contributed by atoms with E-state index in [0.29, 0.717) is 43.2 Å². The molecule has 0 saturated carbocycles. The highest BCUT2D eigenvalue weighted by Gasteiger charge is 2.22. The Morgan fingerprint density at radius 3 is 2.17 bits per heavy atom. The number of ketones is 1. The normalized spacial score (nSPS) is 14.3. The number of methoxy groups -OCH3 is 1. The quantitative estimate of drug-likeness (QED) is 0.750. The number of carbonyl (C=O) groups is 3. The zero-order valence-corrected chi connectivity index (χ0v) is 14.2. The van der Waals surface area contributed by atoms with Crippen molar-refractivity contribution >= 4 is 17.6 Å². The minimum absolute atomic E-state index is 0.0219. The van der Waals surface area contributed by atoms with E-state index in [1.54, 1.807) is 28.0 Å². The maximum Gasteiger partial charge on any atom is 0.260 e. The Labute approximate surface area is 141 Å². The molecule has 0 atom stereocenters. The third-order valence-corrected chi connectivity index (χ3v) is 4.00. The highest BCUT2D eigenvalue weighted by Crippen LogP contribution is 2.28. The number of Topliss-reactive ketones (excluding diaryl/α,β-unsaturated/α-hetero) is 1. The second-order valence-corrected chi connectivity index (χ2v) is 5.60. The summed E-state index contributed by atoms with van der Waals surface area (Å²) in [6, 6.07) is 4.85. The number of amides is 2. The highest BCUT2D eigenvalue weighted by molar-refractivity contribution is 5.94. The van der Waals surface area contributed by atoms with Gasteiger partial charge >= 0.3 is 0 Å². The van der Waals surface area contributed by atoms with Crippen LogP contribution in [0.15, 0.2) is 18.2 Å². The lowest BCUT2D eigenvalue weighted by Gasteiger charge is -2.34. The first-order valence-corrected chi connectivity index (χ1v) is 7.77. The van der Waals surface area contributed by atoms with E-state index in [1.807, 2.05) is 0 Å². The Kier molecular flexibility index (Phi) is 5.78. The summed E-state index contributed by atoms with van der Waals surface area (Å²) in [5.74, 6) is 0.638. The number of nitrogens with zero attached hydrogens (tertiary/aromatic N) is 2. The van der Waals surface area contributed by atoms with Gasteiger partial charge in [0.25, 0.3) is 5.91 Å². The molecule has 7 heteroatoms. The van der Waals surface area contributed by atoms with Crippen molar-refractivity contribution in [2.75, 3.05) is 39.9 Å². The molecule has 0 spiro atoms.